The number of carbonyl (C=O) groups excluding carboxylic acids is 2. The first-order valence-corrected chi connectivity index (χ1v) is 9.65. The van der Waals surface area contributed by atoms with Crippen molar-refractivity contribution < 1.29 is 23.5 Å². The van der Waals surface area contributed by atoms with Crippen LogP contribution in [-0.4, -0.2) is 43.1 Å². The van der Waals surface area contributed by atoms with Gasteiger partial charge in [0, 0.05) is 31.6 Å². The van der Waals surface area contributed by atoms with Crippen LogP contribution in [0.3, 0.4) is 0 Å². The summed E-state index contributed by atoms with van der Waals surface area (Å²) in [5, 5.41) is 2.93. The minimum atomic E-state index is -0.332. The number of nitrogens with zero attached hydrogens (tertiary/aromatic N) is 1. The van der Waals surface area contributed by atoms with Gasteiger partial charge >= 0.3 is 0 Å². The number of rotatable bonds is 6. The van der Waals surface area contributed by atoms with Crippen LogP contribution in [0, 0.1) is 11.7 Å². The van der Waals surface area contributed by atoms with Crippen LogP contribution < -0.4 is 10.1 Å². The summed E-state index contributed by atoms with van der Waals surface area (Å²) in [4.78, 5) is 26.4. The molecule has 148 valence electrons. The van der Waals surface area contributed by atoms with E-state index >= 15 is 0 Å². The lowest BCUT2D eigenvalue weighted by Crippen LogP contribution is -2.45. The van der Waals surface area contributed by atoms with Gasteiger partial charge in [0.15, 0.2) is 6.79 Å². The largest absolute Gasteiger partial charge is 0.467 e. The lowest BCUT2D eigenvalue weighted by atomic mass is 9.96. The molecule has 7 heteroatoms. The quantitative estimate of drug-likeness (QED) is 0.825. The fourth-order valence-corrected chi connectivity index (χ4v) is 3.70. The molecule has 0 spiro atoms. The standard InChI is InChI=1S/C20H27FN2O4/c1-2-4-18(24)23-8-3-5-15(11-23)20(25)22-7-6-14-9-17(21)10-16-12-26-13-27-19(14)16/h9-10,15H,2-8,11-13H2,1H3,(H,22,25). The molecule has 1 saturated heterocycles. The maximum atomic E-state index is 13.8. The predicted molar refractivity (Wildman–Crippen MR) is 97.6 cm³/mol. The molecule has 1 atom stereocenters. The molecule has 27 heavy (non-hydrogen) atoms. The summed E-state index contributed by atoms with van der Waals surface area (Å²) in [7, 11) is 0. The van der Waals surface area contributed by atoms with Crippen LogP contribution >= 0.6 is 0 Å². The van der Waals surface area contributed by atoms with Crippen LogP contribution in [0.1, 0.15) is 43.7 Å². The molecule has 1 aromatic carbocycles. The van der Waals surface area contributed by atoms with Gasteiger partial charge in [0.05, 0.1) is 12.5 Å². The maximum Gasteiger partial charge on any atom is 0.224 e. The van der Waals surface area contributed by atoms with Gasteiger partial charge in [-0.25, -0.2) is 4.39 Å². The second-order valence-corrected chi connectivity index (χ2v) is 7.13. The second-order valence-electron chi connectivity index (χ2n) is 7.13. The second kappa shape index (κ2) is 9.17. The highest BCUT2D eigenvalue weighted by Crippen LogP contribution is 2.29. The van der Waals surface area contributed by atoms with Crippen molar-refractivity contribution in [1.29, 1.82) is 0 Å². The van der Waals surface area contributed by atoms with E-state index in [9.17, 15) is 14.0 Å². The van der Waals surface area contributed by atoms with Gasteiger partial charge < -0.3 is 19.7 Å². The third kappa shape index (κ3) is 4.97. The van der Waals surface area contributed by atoms with Crippen molar-refractivity contribution in [3.05, 3.63) is 29.1 Å². The number of halogens is 1. The number of benzene rings is 1. The summed E-state index contributed by atoms with van der Waals surface area (Å²) in [6.07, 6.45) is 3.47. The first kappa shape index (κ1) is 19.6. The van der Waals surface area contributed by atoms with Gasteiger partial charge in [0.25, 0.3) is 0 Å². The fraction of sp³-hybridized carbons (Fsp3) is 0.600. The van der Waals surface area contributed by atoms with Crippen LogP contribution in [-0.2, 0) is 27.4 Å². The summed E-state index contributed by atoms with van der Waals surface area (Å²) in [6.45, 7) is 4.08. The molecule has 2 aliphatic heterocycles. The predicted octanol–water partition coefficient (Wildman–Crippen LogP) is 2.39. The molecule has 1 fully saturated rings. The van der Waals surface area contributed by atoms with Crippen molar-refractivity contribution in [2.45, 2.75) is 45.6 Å². The zero-order chi connectivity index (χ0) is 19.2. The van der Waals surface area contributed by atoms with Crippen molar-refractivity contribution in [3.8, 4) is 5.75 Å². The molecule has 2 heterocycles. The van der Waals surface area contributed by atoms with Gasteiger partial charge in [-0.3, -0.25) is 9.59 Å². The Morgan fingerprint density at radius 1 is 1.37 bits per heavy atom. The Labute approximate surface area is 159 Å². The number of hydrogen-bond donors (Lipinski definition) is 1. The van der Waals surface area contributed by atoms with Gasteiger partial charge in [-0.05, 0) is 43.4 Å². The lowest BCUT2D eigenvalue weighted by molar-refractivity contribution is -0.135. The van der Waals surface area contributed by atoms with Crippen molar-refractivity contribution in [1.82, 2.24) is 10.2 Å². The molecular weight excluding hydrogens is 351 g/mol. The zero-order valence-corrected chi connectivity index (χ0v) is 15.8. The van der Waals surface area contributed by atoms with Gasteiger partial charge in [-0.15, -0.1) is 0 Å². The molecule has 0 saturated carbocycles. The molecule has 0 aliphatic carbocycles. The van der Waals surface area contributed by atoms with Gasteiger partial charge in [0.2, 0.25) is 11.8 Å². The van der Waals surface area contributed by atoms with Gasteiger partial charge in [-0.1, -0.05) is 6.92 Å². The summed E-state index contributed by atoms with van der Waals surface area (Å²) >= 11 is 0. The molecule has 0 aromatic heterocycles. The number of amides is 2. The van der Waals surface area contributed by atoms with Crippen molar-refractivity contribution >= 4 is 11.8 Å². The number of ether oxygens (including phenoxy) is 2. The van der Waals surface area contributed by atoms with Gasteiger partial charge in [-0.2, -0.15) is 0 Å². The Balaban J connectivity index is 1.52. The van der Waals surface area contributed by atoms with E-state index in [2.05, 4.69) is 5.32 Å². The summed E-state index contributed by atoms with van der Waals surface area (Å²) in [5.41, 5.74) is 1.43. The van der Waals surface area contributed by atoms with Crippen LogP contribution in [0.15, 0.2) is 12.1 Å². The number of nitrogens with one attached hydrogen (secondary N) is 1. The number of likely N-dealkylation sites (tertiary alicyclic amines) is 1. The molecular formula is C20H27FN2O4. The molecule has 0 bridgehead atoms. The first-order chi connectivity index (χ1) is 13.1. The van der Waals surface area contributed by atoms with E-state index in [-0.39, 0.29) is 30.3 Å². The Hall–Kier alpha value is -2.15. The van der Waals surface area contributed by atoms with Crippen LogP contribution in [0.4, 0.5) is 4.39 Å². The molecule has 2 aliphatic rings. The van der Waals surface area contributed by atoms with E-state index in [1.807, 2.05) is 6.92 Å². The maximum absolute atomic E-state index is 13.8. The zero-order valence-electron chi connectivity index (χ0n) is 15.8. The van der Waals surface area contributed by atoms with E-state index < -0.39 is 0 Å². The number of carbonyl (C=O) groups is 2. The number of hydrogen-bond acceptors (Lipinski definition) is 4. The highest BCUT2D eigenvalue weighted by Gasteiger charge is 2.28. The molecule has 6 nitrogen and oxygen atoms in total. The summed E-state index contributed by atoms with van der Waals surface area (Å²) in [6, 6.07) is 2.86. The molecule has 2 amide bonds. The van der Waals surface area contributed by atoms with E-state index in [1.54, 1.807) is 4.90 Å². The minimum Gasteiger partial charge on any atom is -0.467 e. The van der Waals surface area contributed by atoms with Crippen molar-refractivity contribution in [2.75, 3.05) is 26.4 Å². The van der Waals surface area contributed by atoms with E-state index in [0.717, 1.165) is 31.4 Å². The van der Waals surface area contributed by atoms with Gasteiger partial charge in [0.1, 0.15) is 11.6 Å². The average Bonchev–Trinajstić information content (AvgIpc) is 2.68. The highest BCUT2D eigenvalue weighted by atomic mass is 19.1. The third-order valence-corrected chi connectivity index (χ3v) is 5.05. The third-order valence-electron chi connectivity index (χ3n) is 5.05. The Morgan fingerprint density at radius 3 is 3.04 bits per heavy atom. The number of fused-ring (bicyclic) bond motifs is 1. The summed E-state index contributed by atoms with van der Waals surface area (Å²) in [5.74, 6) is 0.234. The Morgan fingerprint density at radius 2 is 2.22 bits per heavy atom. The van der Waals surface area contributed by atoms with E-state index in [1.165, 1.54) is 12.1 Å². The topological polar surface area (TPSA) is 67.9 Å². The molecule has 1 unspecified atom stereocenters. The van der Waals surface area contributed by atoms with Crippen LogP contribution in [0.25, 0.3) is 0 Å². The number of piperidine rings is 1. The lowest BCUT2D eigenvalue weighted by Gasteiger charge is -2.32. The minimum absolute atomic E-state index is 0.0430. The van der Waals surface area contributed by atoms with Crippen LogP contribution in [0.2, 0.25) is 0 Å². The summed E-state index contributed by atoms with van der Waals surface area (Å²) < 4.78 is 24.5. The van der Waals surface area contributed by atoms with E-state index in [0.29, 0.717) is 43.9 Å². The Bertz CT molecular complexity index is 695. The van der Waals surface area contributed by atoms with Crippen LogP contribution in [0.5, 0.6) is 5.75 Å². The Kier molecular flexibility index (Phi) is 6.66. The van der Waals surface area contributed by atoms with Crippen molar-refractivity contribution in [2.24, 2.45) is 5.92 Å². The SMILES string of the molecule is CCCC(=O)N1CCCC(C(=O)NCCc2cc(F)cc3c2OCOC3)C1. The molecule has 1 N–H and O–H groups in total. The molecule has 1 aromatic rings. The smallest absolute Gasteiger partial charge is 0.224 e. The molecule has 0 radical (unpaired) electrons. The normalized spacial score (nSPS) is 19.2. The highest BCUT2D eigenvalue weighted by molar-refractivity contribution is 5.81. The fourth-order valence-electron chi connectivity index (χ4n) is 3.70. The average molecular weight is 378 g/mol. The monoisotopic (exact) mass is 378 g/mol. The molecule has 3 rings (SSSR count). The van der Waals surface area contributed by atoms with E-state index in [4.69, 9.17) is 9.47 Å². The van der Waals surface area contributed by atoms with Crippen molar-refractivity contribution in [3.63, 3.8) is 0 Å². The first-order valence-electron chi connectivity index (χ1n) is 9.65.